The zero-order valence-electron chi connectivity index (χ0n) is 11.9. The van der Waals surface area contributed by atoms with E-state index in [1.54, 1.807) is 16.6 Å². The van der Waals surface area contributed by atoms with Gasteiger partial charge in [0.25, 0.3) is 0 Å². The average molecular weight is 308 g/mol. The third kappa shape index (κ3) is 3.41. The summed E-state index contributed by atoms with van der Waals surface area (Å²) in [7, 11) is 1.75. The Balaban J connectivity index is 1.52. The summed E-state index contributed by atoms with van der Waals surface area (Å²) in [4.78, 5) is 13.7. The van der Waals surface area contributed by atoms with Gasteiger partial charge in [-0.25, -0.2) is 4.68 Å². The molecule has 21 heavy (non-hydrogen) atoms. The summed E-state index contributed by atoms with van der Waals surface area (Å²) in [6, 6.07) is 2.23. The standard InChI is InChI=1S/C12H16N6O2S/c1-8-5-9(14-20-8)6-17(2)11(19)7-21-12-13-15-16-18(12)10-3-4-10/h5,10H,3-4,6-7H2,1-2H3. The topological polar surface area (TPSA) is 89.9 Å². The number of aryl methyl sites for hydroxylation is 1. The van der Waals surface area contributed by atoms with E-state index in [0.29, 0.717) is 23.5 Å². The largest absolute Gasteiger partial charge is 0.361 e. The molecule has 3 rings (SSSR count). The molecule has 0 saturated heterocycles. The second kappa shape index (κ2) is 5.84. The van der Waals surface area contributed by atoms with Crippen molar-refractivity contribution in [2.75, 3.05) is 12.8 Å². The lowest BCUT2D eigenvalue weighted by Crippen LogP contribution is -2.28. The van der Waals surface area contributed by atoms with E-state index in [-0.39, 0.29) is 5.91 Å². The van der Waals surface area contributed by atoms with Crippen LogP contribution in [0.5, 0.6) is 0 Å². The maximum absolute atomic E-state index is 12.1. The van der Waals surface area contributed by atoms with Crippen LogP contribution in [-0.2, 0) is 11.3 Å². The summed E-state index contributed by atoms with van der Waals surface area (Å²) in [5.41, 5.74) is 0.746. The normalized spacial score (nSPS) is 14.4. The van der Waals surface area contributed by atoms with E-state index < -0.39 is 0 Å². The number of hydrogen-bond donors (Lipinski definition) is 0. The third-order valence-corrected chi connectivity index (χ3v) is 4.10. The van der Waals surface area contributed by atoms with Gasteiger partial charge in [0, 0.05) is 13.1 Å². The number of rotatable bonds is 6. The summed E-state index contributed by atoms with van der Waals surface area (Å²) in [5.74, 6) is 1.05. The highest BCUT2D eigenvalue weighted by Gasteiger charge is 2.28. The summed E-state index contributed by atoms with van der Waals surface area (Å²) < 4.78 is 6.79. The van der Waals surface area contributed by atoms with Crippen molar-refractivity contribution in [3.63, 3.8) is 0 Å². The Kier molecular flexibility index (Phi) is 3.91. The predicted molar refractivity (Wildman–Crippen MR) is 74.5 cm³/mol. The van der Waals surface area contributed by atoms with Crippen molar-refractivity contribution >= 4 is 17.7 Å². The molecule has 1 aliphatic rings. The van der Waals surface area contributed by atoms with Crippen molar-refractivity contribution in [3.05, 3.63) is 17.5 Å². The van der Waals surface area contributed by atoms with Crippen molar-refractivity contribution in [2.24, 2.45) is 0 Å². The van der Waals surface area contributed by atoms with Gasteiger partial charge in [0.15, 0.2) is 0 Å². The molecule has 0 unspecified atom stereocenters. The molecule has 9 heteroatoms. The molecule has 0 N–H and O–H groups in total. The Morgan fingerprint density at radius 3 is 3.05 bits per heavy atom. The van der Waals surface area contributed by atoms with Crippen molar-refractivity contribution in [2.45, 2.75) is 37.5 Å². The lowest BCUT2D eigenvalue weighted by molar-refractivity contribution is -0.127. The first-order valence-electron chi connectivity index (χ1n) is 6.70. The molecule has 0 atom stereocenters. The lowest BCUT2D eigenvalue weighted by Gasteiger charge is -2.14. The molecule has 2 aromatic rings. The first-order valence-corrected chi connectivity index (χ1v) is 7.69. The van der Waals surface area contributed by atoms with Gasteiger partial charge in [-0.15, -0.1) is 5.10 Å². The molecule has 1 aliphatic carbocycles. The fourth-order valence-corrected chi connectivity index (χ4v) is 2.77. The molecule has 0 radical (unpaired) electrons. The molecule has 0 aliphatic heterocycles. The molecule has 2 heterocycles. The number of aromatic nitrogens is 5. The van der Waals surface area contributed by atoms with E-state index in [1.165, 1.54) is 11.8 Å². The smallest absolute Gasteiger partial charge is 0.233 e. The van der Waals surface area contributed by atoms with Gasteiger partial charge in [0.2, 0.25) is 11.1 Å². The van der Waals surface area contributed by atoms with E-state index >= 15 is 0 Å². The van der Waals surface area contributed by atoms with Gasteiger partial charge in [-0.3, -0.25) is 4.79 Å². The number of carbonyl (C=O) groups is 1. The molecular formula is C12H16N6O2S. The van der Waals surface area contributed by atoms with Crippen LogP contribution in [0.3, 0.4) is 0 Å². The number of tetrazole rings is 1. The van der Waals surface area contributed by atoms with E-state index in [4.69, 9.17) is 4.52 Å². The van der Waals surface area contributed by atoms with Crippen molar-refractivity contribution in [3.8, 4) is 0 Å². The van der Waals surface area contributed by atoms with Crippen LogP contribution in [0, 0.1) is 6.92 Å². The van der Waals surface area contributed by atoms with Crippen molar-refractivity contribution in [1.82, 2.24) is 30.3 Å². The van der Waals surface area contributed by atoms with Crippen LogP contribution in [-0.4, -0.2) is 49.0 Å². The zero-order valence-corrected chi connectivity index (χ0v) is 12.7. The summed E-state index contributed by atoms with van der Waals surface area (Å²) in [6.45, 7) is 2.26. The van der Waals surface area contributed by atoms with Crippen LogP contribution in [0.1, 0.15) is 30.3 Å². The molecule has 1 fully saturated rings. The van der Waals surface area contributed by atoms with Gasteiger partial charge < -0.3 is 9.42 Å². The average Bonchev–Trinajstić information content (AvgIpc) is 3.06. The number of carbonyl (C=O) groups excluding carboxylic acids is 1. The van der Waals surface area contributed by atoms with E-state index in [0.717, 1.165) is 24.3 Å². The number of thioether (sulfide) groups is 1. The highest BCUT2D eigenvalue weighted by Crippen LogP contribution is 2.36. The molecule has 1 saturated carbocycles. The Morgan fingerprint density at radius 1 is 1.57 bits per heavy atom. The molecule has 0 bridgehead atoms. The van der Waals surface area contributed by atoms with E-state index in [2.05, 4.69) is 20.7 Å². The minimum absolute atomic E-state index is 0.00556. The summed E-state index contributed by atoms with van der Waals surface area (Å²) in [6.07, 6.45) is 2.22. The van der Waals surface area contributed by atoms with Gasteiger partial charge in [-0.05, 0) is 30.2 Å². The van der Waals surface area contributed by atoms with E-state index in [1.807, 2.05) is 13.0 Å². The SMILES string of the molecule is Cc1cc(CN(C)C(=O)CSc2nnnn2C2CC2)no1. The Hall–Kier alpha value is -1.90. The number of hydrogen-bond acceptors (Lipinski definition) is 7. The minimum Gasteiger partial charge on any atom is -0.361 e. The molecule has 8 nitrogen and oxygen atoms in total. The van der Waals surface area contributed by atoms with Crippen molar-refractivity contribution in [1.29, 1.82) is 0 Å². The second-order valence-corrected chi connectivity index (χ2v) is 6.05. The molecule has 0 spiro atoms. The zero-order chi connectivity index (χ0) is 14.8. The number of amides is 1. The van der Waals surface area contributed by atoms with Gasteiger partial charge in [0.05, 0.1) is 18.3 Å². The second-order valence-electron chi connectivity index (χ2n) is 5.10. The van der Waals surface area contributed by atoms with Crippen LogP contribution in [0.4, 0.5) is 0 Å². The molecular weight excluding hydrogens is 292 g/mol. The van der Waals surface area contributed by atoms with E-state index in [9.17, 15) is 4.79 Å². The summed E-state index contributed by atoms with van der Waals surface area (Å²) >= 11 is 1.37. The molecule has 0 aromatic carbocycles. The van der Waals surface area contributed by atoms with Gasteiger partial charge in [-0.1, -0.05) is 16.9 Å². The lowest BCUT2D eigenvalue weighted by atomic mass is 10.3. The first kappa shape index (κ1) is 14.1. The quantitative estimate of drug-likeness (QED) is 0.737. The van der Waals surface area contributed by atoms with Crippen LogP contribution in [0.2, 0.25) is 0 Å². The van der Waals surface area contributed by atoms with Gasteiger partial charge >= 0.3 is 0 Å². The van der Waals surface area contributed by atoms with Crippen molar-refractivity contribution < 1.29 is 9.32 Å². The third-order valence-electron chi connectivity index (χ3n) is 3.18. The fraction of sp³-hybridized carbons (Fsp3) is 0.583. The molecule has 112 valence electrons. The fourth-order valence-electron chi connectivity index (χ4n) is 1.89. The van der Waals surface area contributed by atoms with Crippen LogP contribution in [0.15, 0.2) is 15.7 Å². The van der Waals surface area contributed by atoms with Gasteiger partial charge in [-0.2, -0.15) is 0 Å². The van der Waals surface area contributed by atoms with Gasteiger partial charge in [0.1, 0.15) is 11.5 Å². The highest BCUT2D eigenvalue weighted by atomic mass is 32.2. The van der Waals surface area contributed by atoms with Crippen LogP contribution < -0.4 is 0 Å². The Bertz CT molecular complexity index is 635. The Labute approximate surface area is 125 Å². The summed E-state index contributed by atoms with van der Waals surface area (Å²) in [5, 5.41) is 16.2. The van der Waals surface area contributed by atoms with Crippen LogP contribution in [0.25, 0.3) is 0 Å². The maximum atomic E-state index is 12.1. The number of nitrogens with zero attached hydrogens (tertiary/aromatic N) is 6. The maximum Gasteiger partial charge on any atom is 0.233 e. The predicted octanol–water partition coefficient (Wildman–Crippen LogP) is 1.06. The first-order chi connectivity index (χ1) is 10.1. The Morgan fingerprint density at radius 2 is 2.38 bits per heavy atom. The molecule has 2 aromatic heterocycles. The van der Waals surface area contributed by atoms with Crippen LogP contribution >= 0.6 is 11.8 Å². The minimum atomic E-state index is 0.00556. The highest BCUT2D eigenvalue weighted by molar-refractivity contribution is 7.99. The molecule has 1 amide bonds. The monoisotopic (exact) mass is 308 g/mol.